The van der Waals surface area contributed by atoms with Crippen LogP contribution in [-0.4, -0.2) is 41.5 Å². The van der Waals surface area contributed by atoms with E-state index in [0.717, 1.165) is 16.9 Å². The Morgan fingerprint density at radius 1 is 1.14 bits per heavy atom. The molecule has 2 aliphatic heterocycles. The minimum Gasteiger partial charge on any atom is -0.454 e. The van der Waals surface area contributed by atoms with Gasteiger partial charge in [0.2, 0.25) is 12.7 Å². The van der Waals surface area contributed by atoms with Gasteiger partial charge < -0.3 is 19.3 Å². The highest BCUT2D eigenvalue weighted by Crippen LogP contribution is 2.33. The van der Waals surface area contributed by atoms with Crippen molar-refractivity contribution in [3.05, 3.63) is 59.2 Å². The molecule has 2 heterocycles. The van der Waals surface area contributed by atoms with E-state index >= 15 is 0 Å². The fourth-order valence-corrected chi connectivity index (χ4v) is 3.66. The third kappa shape index (κ3) is 3.67. The minimum absolute atomic E-state index is 0.0486. The highest BCUT2D eigenvalue weighted by atomic mass is 16.7. The number of ether oxygens (including phenoxy) is 2. The van der Waals surface area contributed by atoms with Gasteiger partial charge in [-0.3, -0.25) is 9.59 Å². The van der Waals surface area contributed by atoms with E-state index in [1.165, 1.54) is 0 Å². The first-order valence-corrected chi connectivity index (χ1v) is 9.54. The maximum Gasteiger partial charge on any atom is 0.254 e. The molecule has 2 amide bonds. The first-order valence-electron chi connectivity index (χ1n) is 9.54. The maximum absolute atomic E-state index is 13.0. The molecule has 0 atom stereocenters. The zero-order valence-corrected chi connectivity index (χ0v) is 16.2. The van der Waals surface area contributed by atoms with Crippen molar-refractivity contribution in [3.8, 4) is 11.5 Å². The molecular weight excluding hydrogens is 356 g/mol. The van der Waals surface area contributed by atoms with E-state index in [4.69, 9.17) is 9.47 Å². The summed E-state index contributed by atoms with van der Waals surface area (Å²) in [7, 11) is 0. The molecule has 0 bridgehead atoms. The second kappa shape index (κ2) is 7.54. The lowest BCUT2D eigenvalue weighted by Gasteiger charge is -2.27. The Morgan fingerprint density at radius 2 is 1.93 bits per heavy atom. The molecule has 0 saturated heterocycles. The van der Waals surface area contributed by atoms with E-state index in [2.05, 4.69) is 13.8 Å². The molecule has 0 radical (unpaired) electrons. The number of fused-ring (bicyclic) bond motifs is 2. The van der Waals surface area contributed by atoms with Gasteiger partial charge in [0.15, 0.2) is 11.5 Å². The van der Waals surface area contributed by atoms with Crippen LogP contribution in [0.2, 0.25) is 0 Å². The highest BCUT2D eigenvalue weighted by Gasteiger charge is 2.30. The molecular formula is C22H24N2O4. The Bertz CT molecular complexity index is 909. The minimum atomic E-state index is -0.0727. The van der Waals surface area contributed by atoms with E-state index in [0.29, 0.717) is 36.9 Å². The quantitative estimate of drug-likeness (QED) is 0.773. The van der Waals surface area contributed by atoms with Crippen molar-refractivity contribution in [3.63, 3.8) is 0 Å². The number of carbonyl (C=O) groups is 2. The monoisotopic (exact) mass is 380 g/mol. The number of benzene rings is 2. The fourth-order valence-electron chi connectivity index (χ4n) is 3.66. The summed E-state index contributed by atoms with van der Waals surface area (Å²) in [5, 5.41) is 0. The van der Waals surface area contributed by atoms with Crippen molar-refractivity contribution in [2.75, 3.05) is 19.9 Å². The predicted octanol–water partition coefficient (Wildman–Crippen LogP) is 3.06. The molecule has 0 fully saturated rings. The van der Waals surface area contributed by atoms with Crippen molar-refractivity contribution in [1.29, 1.82) is 0 Å². The number of carbonyl (C=O) groups excluding carboxylic acids is 2. The molecule has 0 saturated carbocycles. The number of nitrogens with zero attached hydrogens (tertiary/aromatic N) is 2. The van der Waals surface area contributed by atoms with Gasteiger partial charge in [-0.2, -0.15) is 0 Å². The van der Waals surface area contributed by atoms with Crippen LogP contribution < -0.4 is 9.47 Å². The average molecular weight is 380 g/mol. The molecule has 4 rings (SSSR count). The first-order chi connectivity index (χ1) is 13.5. The lowest BCUT2D eigenvalue weighted by atomic mass is 10.1. The van der Waals surface area contributed by atoms with Gasteiger partial charge in [-0.15, -0.1) is 0 Å². The van der Waals surface area contributed by atoms with Crippen molar-refractivity contribution >= 4 is 11.8 Å². The molecule has 0 unspecified atom stereocenters. The third-order valence-corrected chi connectivity index (χ3v) is 4.97. The van der Waals surface area contributed by atoms with Crippen LogP contribution in [0.25, 0.3) is 0 Å². The van der Waals surface area contributed by atoms with Crippen LogP contribution in [0, 0.1) is 5.92 Å². The largest absolute Gasteiger partial charge is 0.454 e. The van der Waals surface area contributed by atoms with Gasteiger partial charge in [0.05, 0.1) is 0 Å². The molecule has 0 N–H and O–H groups in total. The summed E-state index contributed by atoms with van der Waals surface area (Å²) in [6.07, 6.45) is 0. The Hall–Kier alpha value is -3.02. The summed E-state index contributed by atoms with van der Waals surface area (Å²) in [5.41, 5.74) is 2.65. The van der Waals surface area contributed by atoms with E-state index in [1.54, 1.807) is 4.90 Å². The average Bonchev–Trinajstić information content (AvgIpc) is 3.25. The highest BCUT2D eigenvalue weighted by molar-refractivity contribution is 6.00. The van der Waals surface area contributed by atoms with Crippen molar-refractivity contribution in [1.82, 2.24) is 9.80 Å². The molecule has 2 aliphatic rings. The third-order valence-electron chi connectivity index (χ3n) is 4.97. The van der Waals surface area contributed by atoms with Crippen LogP contribution in [0.4, 0.5) is 0 Å². The Balaban J connectivity index is 1.47. The Kier molecular flexibility index (Phi) is 4.94. The molecule has 0 spiro atoms. The second-order valence-electron chi connectivity index (χ2n) is 7.67. The molecule has 6 nitrogen and oxygen atoms in total. The van der Waals surface area contributed by atoms with E-state index in [-0.39, 0.29) is 25.2 Å². The second-order valence-corrected chi connectivity index (χ2v) is 7.67. The Labute approximate surface area is 164 Å². The molecule has 2 aromatic rings. The Morgan fingerprint density at radius 3 is 2.71 bits per heavy atom. The number of rotatable bonds is 6. The molecule has 28 heavy (non-hydrogen) atoms. The smallest absolute Gasteiger partial charge is 0.254 e. The van der Waals surface area contributed by atoms with Crippen molar-refractivity contribution in [2.24, 2.45) is 5.92 Å². The van der Waals surface area contributed by atoms with E-state index < -0.39 is 0 Å². The van der Waals surface area contributed by atoms with Gasteiger partial charge in [-0.25, -0.2) is 0 Å². The fraction of sp³-hybridized carbons (Fsp3) is 0.364. The summed E-state index contributed by atoms with van der Waals surface area (Å²) in [4.78, 5) is 29.1. The summed E-state index contributed by atoms with van der Waals surface area (Å²) >= 11 is 0. The lowest BCUT2D eigenvalue weighted by molar-refractivity contribution is -0.133. The van der Waals surface area contributed by atoms with Gasteiger partial charge in [-0.05, 0) is 35.2 Å². The number of amides is 2. The molecule has 0 aromatic heterocycles. The van der Waals surface area contributed by atoms with Gasteiger partial charge in [-0.1, -0.05) is 38.1 Å². The number of hydrogen-bond donors (Lipinski definition) is 0. The maximum atomic E-state index is 13.0. The molecule has 146 valence electrons. The van der Waals surface area contributed by atoms with E-state index in [1.807, 2.05) is 47.4 Å². The first kappa shape index (κ1) is 18.3. The number of hydrogen-bond acceptors (Lipinski definition) is 4. The topological polar surface area (TPSA) is 59.1 Å². The zero-order valence-electron chi connectivity index (χ0n) is 16.2. The summed E-state index contributed by atoms with van der Waals surface area (Å²) in [6.45, 7) is 6.06. The van der Waals surface area contributed by atoms with Crippen LogP contribution in [-0.2, 0) is 17.9 Å². The molecule has 0 aliphatic carbocycles. The zero-order chi connectivity index (χ0) is 19.7. The van der Waals surface area contributed by atoms with Gasteiger partial charge >= 0.3 is 0 Å². The van der Waals surface area contributed by atoms with Gasteiger partial charge in [0.1, 0.15) is 6.54 Å². The van der Waals surface area contributed by atoms with Gasteiger partial charge in [0.25, 0.3) is 5.91 Å². The standard InChI is InChI=1S/C22H24N2O4/c1-15(2)10-23(11-16-7-8-19-20(9-16)28-14-27-19)21(25)13-24-12-17-5-3-4-6-18(17)22(24)26/h3-9,15H,10-14H2,1-2H3. The normalized spacial score (nSPS) is 14.5. The predicted molar refractivity (Wildman–Crippen MR) is 104 cm³/mol. The van der Waals surface area contributed by atoms with Crippen LogP contribution >= 0.6 is 0 Å². The van der Waals surface area contributed by atoms with Gasteiger partial charge in [0, 0.05) is 25.2 Å². The van der Waals surface area contributed by atoms with Crippen LogP contribution in [0.3, 0.4) is 0 Å². The van der Waals surface area contributed by atoms with Crippen molar-refractivity contribution in [2.45, 2.75) is 26.9 Å². The van der Waals surface area contributed by atoms with E-state index in [9.17, 15) is 9.59 Å². The van der Waals surface area contributed by atoms with Crippen molar-refractivity contribution < 1.29 is 19.1 Å². The van der Waals surface area contributed by atoms with Crippen LogP contribution in [0.5, 0.6) is 11.5 Å². The van der Waals surface area contributed by atoms with Crippen LogP contribution in [0.1, 0.15) is 35.3 Å². The summed E-state index contributed by atoms with van der Waals surface area (Å²) in [6, 6.07) is 13.3. The molecule has 2 aromatic carbocycles. The molecule has 6 heteroatoms. The summed E-state index contributed by atoms with van der Waals surface area (Å²) in [5.74, 6) is 1.64. The summed E-state index contributed by atoms with van der Waals surface area (Å²) < 4.78 is 10.8. The SMILES string of the molecule is CC(C)CN(Cc1ccc2c(c1)OCO2)C(=O)CN1Cc2ccccc2C1=O. The van der Waals surface area contributed by atoms with Crippen LogP contribution in [0.15, 0.2) is 42.5 Å². The lowest BCUT2D eigenvalue weighted by Crippen LogP contribution is -2.41.